The Balaban J connectivity index is 1.50. The van der Waals surface area contributed by atoms with Crippen molar-refractivity contribution in [2.75, 3.05) is 23.7 Å². The number of imidazole rings is 1. The van der Waals surface area contributed by atoms with Gasteiger partial charge in [-0.3, -0.25) is 9.36 Å². The maximum absolute atomic E-state index is 14.6. The van der Waals surface area contributed by atoms with Gasteiger partial charge in [0.25, 0.3) is 0 Å². The molecule has 1 saturated carbocycles. The SMILES string of the molecule is NC(=O)[C@H]1CC[C@@H](n2c(Nc3c(F)cc(Cl)cc3F)nc3cnc(NC4CCCN(C(=O)O)C4)nc32)CC1. The molecular weight excluding hydrogens is 522 g/mol. The number of nitrogens with two attached hydrogens (primary N) is 1. The number of benzene rings is 1. The number of hydrogen-bond acceptors (Lipinski definition) is 7. The third kappa shape index (κ3) is 5.28. The minimum atomic E-state index is -0.977. The van der Waals surface area contributed by atoms with Crippen LogP contribution < -0.4 is 16.4 Å². The average molecular weight is 549 g/mol. The molecular formula is C24H27ClF2N8O3. The molecule has 2 aliphatic rings. The number of anilines is 3. The maximum atomic E-state index is 14.6. The Morgan fingerprint density at radius 1 is 1.11 bits per heavy atom. The summed E-state index contributed by atoms with van der Waals surface area (Å²) < 4.78 is 31.0. The lowest BCUT2D eigenvalue weighted by molar-refractivity contribution is -0.122. The predicted molar refractivity (Wildman–Crippen MR) is 136 cm³/mol. The van der Waals surface area contributed by atoms with Gasteiger partial charge in [-0.25, -0.2) is 23.5 Å². The number of rotatable bonds is 6. The van der Waals surface area contributed by atoms with Crippen molar-refractivity contribution in [2.24, 2.45) is 11.7 Å². The van der Waals surface area contributed by atoms with Crippen molar-refractivity contribution in [1.82, 2.24) is 24.4 Å². The minimum Gasteiger partial charge on any atom is -0.465 e. The van der Waals surface area contributed by atoms with Crippen molar-refractivity contribution in [3.05, 3.63) is 35.0 Å². The highest BCUT2D eigenvalue weighted by Crippen LogP contribution is 2.37. The normalized spacial score (nSPS) is 21.9. The van der Waals surface area contributed by atoms with Crippen LogP contribution >= 0.6 is 11.6 Å². The summed E-state index contributed by atoms with van der Waals surface area (Å²) in [5.74, 6) is -1.88. The van der Waals surface area contributed by atoms with Crippen LogP contribution in [0.3, 0.4) is 0 Å². The molecule has 11 nitrogen and oxygen atoms in total. The fourth-order valence-corrected chi connectivity index (χ4v) is 5.43. The zero-order valence-corrected chi connectivity index (χ0v) is 21.1. The number of amides is 2. The molecule has 5 rings (SSSR count). The molecule has 2 aromatic heterocycles. The third-order valence-corrected chi connectivity index (χ3v) is 7.38. The standard InChI is InChI=1S/C24H27ClF2N8O3/c25-13-8-16(26)19(17(27)9-13)32-23-31-18-10-29-22(30-14-2-1-7-34(11-14)24(37)38)33-21(18)35(23)15-5-3-12(4-6-15)20(28)36/h8-10,12,14-15H,1-7,11H2,(H2,28,36)(H,31,32)(H,37,38)(H,29,30,33)/t12-,14?,15+. The van der Waals surface area contributed by atoms with Crippen LogP contribution in [0.25, 0.3) is 11.2 Å². The number of likely N-dealkylation sites (tertiary alicyclic amines) is 1. The highest BCUT2D eigenvalue weighted by atomic mass is 35.5. The molecule has 0 radical (unpaired) electrons. The van der Waals surface area contributed by atoms with E-state index in [-0.39, 0.29) is 40.8 Å². The second-order valence-electron chi connectivity index (χ2n) is 9.70. The molecule has 1 aromatic carbocycles. The molecule has 1 saturated heterocycles. The second kappa shape index (κ2) is 10.6. The van der Waals surface area contributed by atoms with E-state index in [0.29, 0.717) is 56.4 Å². The lowest BCUT2D eigenvalue weighted by Gasteiger charge is -2.31. The van der Waals surface area contributed by atoms with E-state index in [1.807, 2.05) is 0 Å². The number of carboxylic acid groups (broad SMARTS) is 1. The fourth-order valence-electron chi connectivity index (χ4n) is 5.24. The lowest BCUT2D eigenvalue weighted by Crippen LogP contribution is -2.44. The smallest absolute Gasteiger partial charge is 0.407 e. The first-order valence-electron chi connectivity index (χ1n) is 12.4. The van der Waals surface area contributed by atoms with Crippen LogP contribution in [0.4, 0.5) is 31.2 Å². The van der Waals surface area contributed by atoms with Gasteiger partial charge in [0.05, 0.1) is 6.20 Å². The topological polar surface area (TPSA) is 151 Å². The Bertz CT molecular complexity index is 1360. The predicted octanol–water partition coefficient (Wildman–Crippen LogP) is 4.27. The Morgan fingerprint density at radius 2 is 1.82 bits per heavy atom. The largest absolute Gasteiger partial charge is 0.465 e. The van der Waals surface area contributed by atoms with Gasteiger partial charge in [-0.15, -0.1) is 0 Å². The molecule has 38 heavy (non-hydrogen) atoms. The van der Waals surface area contributed by atoms with Crippen molar-refractivity contribution < 1.29 is 23.5 Å². The minimum absolute atomic E-state index is 0.0745. The summed E-state index contributed by atoms with van der Waals surface area (Å²) in [5, 5.41) is 15.2. The van der Waals surface area contributed by atoms with E-state index in [9.17, 15) is 23.5 Å². The van der Waals surface area contributed by atoms with Gasteiger partial charge in [0.1, 0.15) is 11.2 Å². The van der Waals surface area contributed by atoms with Gasteiger partial charge < -0.3 is 26.4 Å². The van der Waals surface area contributed by atoms with Gasteiger partial charge in [-0.1, -0.05) is 11.6 Å². The van der Waals surface area contributed by atoms with Crippen molar-refractivity contribution in [2.45, 2.75) is 50.6 Å². The van der Waals surface area contributed by atoms with Gasteiger partial charge in [-0.2, -0.15) is 4.98 Å². The van der Waals surface area contributed by atoms with Gasteiger partial charge >= 0.3 is 6.09 Å². The van der Waals surface area contributed by atoms with Crippen LogP contribution in [0.15, 0.2) is 18.3 Å². The second-order valence-corrected chi connectivity index (χ2v) is 10.1. The van der Waals surface area contributed by atoms with Crippen molar-refractivity contribution >= 4 is 52.3 Å². The van der Waals surface area contributed by atoms with E-state index >= 15 is 0 Å². The third-order valence-electron chi connectivity index (χ3n) is 7.17. The highest BCUT2D eigenvalue weighted by Gasteiger charge is 2.30. The first-order valence-corrected chi connectivity index (χ1v) is 12.8. The number of hydrogen-bond donors (Lipinski definition) is 4. The first kappa shape index (κ1) is 25.9. The number of primary amides is 1. The number of aromatic nitrogens is 4. The zero-order valence-electron chi connectivity index (χ0n) is 20.3. The highest BCUT2D eigenvalue weighted by molar-refractivity contribution is 6.30. The first-order chi connectivity index (χ1) is 18.2. The van der Waals surface area contributed by atoms with Crippen molar-refractivity contribution in [3.63, 3.8) is 0 Å². The Kier molecular flexibility index (Phi) is 7.19. The van der Waals surface area contributed by atoms with E-state index in [4.69, 9.17) is 17.3 Å². The number of piperidine rings is 1. The lowest BCUT2D eigenvalue weighted by atomic mass is 9.85. The Morgan fingerprint density at radius 3 is 2.47 bits per heavy atom. The molecule has 1 unspecified atom stereocenters. The molecule has 1 atom stereocenters. The van der Waals surface area contributed by atoms with Gasteiger partial charge in [-0.05, 0) is 50.7 Å². The van der Waals surface area contributed by atoms with E-state index in [1.54, 1.807) is 4.57 Å². The van der Waals surface area contributed by atoms with Gasteiger partial charge in [0.15, 0.2) is 17.3 Å². The zero-order chi connectivity index (χ0) is 27.0. The number of nitrogens with zero attached hydrogens (tertiary/aromatic N) is 5. The molecule has 3 aromatic rings. The monoisotopic (exact) mass is 548 g/mol. The van der Waals surface area contributed by atoms with Crippen LogP contribution in [0.2, 0.25) is 5.02 Å². The fraction of sp³-hybridized carbons (Fsp3) is 0.458. The summed E-state index contributed by atoms with van der Waals surface area (Å²) in [6.45, 7) is 0.774. The molecule has 5 N–H and O–H groups in total. The summed E-state index contributed by atoms with van der Waals surface area (Å²) in [5.41, 5.74) is 5.94. The Hall–Kier alpha value is -3.74. The number of carbonyl (C=O) groups is 2. The molecule has 0 bridgehead atoms. The summed E-state index contributed by atoms with van der Waals surface area (Å²) in [6, 6.07) is 1.67. The Labute approximate surface area is 221 Å². The summed E-state index contributed by atoms with van der Waals surface area (Å²) in [4.78, 5) is 38.0. The maximum Gasteiger partial charge on any atom is 0.407 e. The van der Waals surface area contributed by atoms with Crippen LogP contribution in [0.1, 0.15) is 44.6 Å². The number of fused-ring (bicyclic) bond motifs is 1. The van der Waals surface area contributed by atoms with E-state index in [2.05, 4.69) is 25.6 Å². The van der Waals surface area contributed by atoms with Crippen molar-refractivity contribution in [1.29, 1.82) is 0 Å². The number of nitrogens with one attached hydrogen (secondary N) is 2. The molecule has 0 spiro atoms. The molecule has 1 aliphatic carbocycles. The van der Waals surface area contributed by atoms with E-state index in [1.165, 1.54) is 11.1 Å². The van der Waals surface area contributed by atoms with E-state index < -0.39 is 23.4 Å². The summed E-state index contributed by atoms with van der Waals surface area (Å²) in [7, 11) is 0. The average Bonchev–Trinajstić information content (AvgIpc) is 3.23. The number of halogens is 3. The van der Waals surface area contributed by atoms with Crippen LogP contribution in [0, 0.1) is 17.6 Å². The number of carbonyl (C=O) groups excluding carboxylic acids is 1. The van der Waals surface area contributed by atoms with Gasteiger partial charge in [0, 0.05) is 36.1 Å². The van der Waals surface area contributed by atoms with Crippen LogP contribution in [-0.4, -0.2) is 60.7 Å². The molecule has 202 valence electrons. The quantitative estimate of drug-likeness (QED) is 0.356. The van der Waals surface area contributed by atoms with Crippen molar-refractivity contribution in [3.8, 4) is 0 Å². The molecule has 14 heteroatoms. The molecule has 1 aliphatic heterocycles. The molecule has 3 heterocycles. The summed E-state index contributed by atoms with van der Waals surface area (Å²) >= 11 is 5.78. The van der Waals surface area contributed by atoms with E-state index in [0.717, 1.165) is 18.6 Å². The molecule has 2 amide bonds. The van der Waals surface area contributed by atoms with Crippen LogP contribution in [-0.2, 0) is 4.79 Å². The van der Waals surface area contributed by atoms with Gasteiger partial charge in [0.2, 0.25) is 17.8 Å². The molecule has 2 fully saturated rings. The van der Waals surface area contributed by atoms with Crippen LogP contribution in [0.5, 0.6) is 0 Å². The summed E-state index contributed by atoms with van der Waals surface area (Å²) in [6.07, 6.45) is 4.29.